The summed E-state index contributed by atoms with van der Waals surface area (Å²) in [7, 11) is 1.94. The predicted octanol–water partition coefficient (Wildman–Crippen LogP) is 4.25. The highest BCUT2D eigenvalue weighted by Gasteiger charge is 2.22. The number of nitriles is 1. The molecule has 0 saturated heterocycles. The molecule has 0 saturated carbocycles. The van der Waals surface area contributed by atoms with Gasteiger partial charge in [0.1, 0.15) is 12.4 Å². The molecule has 0 bridgehead atoms. The van der Waals surface area contributed by atoms with Crippen molar-refractivity contribution < 1.29 is 14.3 Å². The molecule has 0 spiro atoms. The lowest BCUT2D eigenvalue weighted by Gasteiger charge is -2.22. The Morgan fingerprint density at radius 3 is 2.47 bits per heavy atom. The fourth-order valence-electron chi connectivity index (χ4n) is 3.80. The normalized spacial score (nSPS) is 10.6. The summed E-state index contributed by atoms with van der Waals surface area (Å²) in [6.45, 7) is 1.80. The first-order valence-electron chi connectivity index (χ1n) is 11.0. The van der Waals surface area contributed by atoms with Crippen molar-refractivity contribution in [3.63, 3.8) is 0 Å². The second-order valence-electron chi connectivity index (χ2n) is 7.81. The van der Waals surface area contributed by atoms with Crippen molar-refractivity contribution in [3.05, 3.63) is 95.3 Å². The molecule has 7 heteroatoms. The second-order valence-corrected chi connectivity index (χ2v) is 7.81. The van der Waals surface area contributed by atoms with E-state index in [1.54, 1.807) is 43.3 Å². The van der Waals surface area contributed by atoms with E-state index in [1.165, 1.54) is 4.90 Å². The van der Waals surface area contributed by atoms with E-state index < -0.39 is 5.97 Å². The SMILES string of the molecule is CCOC(=O)CN(C(=O)c1ccc2c(c1)nc(Cc1ccc(C#N)cc1)n2C)c1ccccc1. The van der Waals surface area contributed by atoms with E-state index in [4.69, 9.17) is 15.0 Å². The molecule has 0 fully saturated rings. The lowest BCUT2D eigenvalue weighted by molar-refractivity contribution is -0.141. The summed E-state index contributed by atoms with van der Waals surface area (Å²) in [4.78, 5) is 31.8. The first kappa shape index (κ1) is 22.7. The van der Waals surface area contributed by atoms with E-state index in [9.17, 15) is 9.59 Å². The summed E-state index contributed by atoms with van der Waals surface area (Å²) in [6.07, 6.45) is 0.596. The third kappa shape index (κ3) is 4.81. The molecular weight excluding hydrogens is 428 g/mol. The van der Waals surface area contributed by atoms with Crippen LogP contribution in [0.5, 0.6) is 0 Å². The number of carbonyl (C=O) groups excluding carboxylic acids is 2. The minimum Gasteiger partial charge on any atom is -0.465 e. The van der Waals surface area contributed by atoms with Gasteiger partial charge < -0.3 is 9.30 Å². The lowest BCUT2D eigenvalue weighted by atomic mass is 10.1. The Labute approximate surface area is 197 Å². The minimum absolute atomic E-state index is 0.180. The number of anilines is 1. The smallest absolute Gasteiger partial charge is 0.326 e. The van der Waals surface area contributed by atoms with Crippen LogP contribution in [0.4, 0.5) is 5.69 Å². The third-order valence-electron chi connectivity index (χ3n) is 5.57. The monoisotopic (exact) mass is 452 g/mol. The molecule has 0 N–H and O–H groups in total. The summed E-state index contributed by atoms with van der Waals surface area (Å²) >= 11 is 0. The van der Waals surface area contributed by atoms with Gasteiger partial charge in [0.2, 0.25) is 0 Å². The molecule has 0 radical (unpaired) electrons. The summed E-state index contributed by atoms with van der Waals surface area (Å²) in [5.74, 6) is 0.0690. The highest BCUT2D eigenvalue weighted by molar-refractivity contribution is 6.09. The number of nitrogens with zero attached hydrogens (tertiary/aromatic N) is 4. The number of imidazole rings is 1. The number of fused-ring (bicyclic) bond motifs is 1. The van der Waals surface area contributed by atoms with Crippen LogP contribution in [0.15, 0.2) is 72.8 Å². The van der Waals surface area contributed by atoms with Gasteiger partial charge in [-0.1, -0.05) is 30.3 Å². The number of carbonyl (C=O) groups is 2. The first-order chi connectivity index (χ1) is 16.5. The first-order valence-corrected chi connectivity index (χ1v) is 11.0. The van der Waals surface area contributed by atoms with Crippen molar-refractivity contribution in [2.75, 3.05) is 18.1 Å². The fraction of sp³-hybridized carbons (Fsp3) is 0.185. The molecule has 7 nitrogen and oxygen atoms in total. The third-order valence-corrected chi connectivity index (χ3v) is 5.57. The maximum absolute atomic E-state index is 13.4. The zero-order chi connectivity index (χ0) is 24.1. The highest BCUT2D eigenvalue weighted by atomic mass is 16.5. The maximum atomic E-state index is 13.4. The number of hydrogen-bond donors (Lipinski definition) is 0. The van der Waals surface area contributed by atoms with Gasteiger partial charge in [-0.2, -0.15) is 5.26 Å². The van der Waals surface area contributed by atoms with E-state index >= 15 is 0 Å². The Kier molecular flexibility index (Phi) is 6.69. The molecule has 1 heterocycles. The van der Waals surface area contributed by atoms with Gasteiger partial charge in [-0.3, -0.25) is 14.5 Å². The Morgan fingerprint density at radius 2 is 1.79 bits per heavy atom. The largest absolute Gasteiger partial charge is 0.465 e. The molecule has 0 atom stereocenters. The summed E-state index contributed by atoms with van der Waals surface area (Å²) in [5, 5.41) is 8.99. The van der Waals surface area contributed by atoms with Crippen molar-refractivity contribution >= 4 is 28.6 Å². The number of aryl methyl sites for hydroxylation is 1. The quantitative estimate of drug-likeness (QED) is 0.391. The fourth-order valence-corrected chi connectivity index (χ4v) is 3.80. The van der Waals surface area contributed by atoms with E-state index in [2.05, 4.69) is 6.07 Å². The van der Waals surface area contributed by atoms with E-state index in [-0.39, 0.29) is 19.1 Å². The average molecular weight is 453 g/mol. The molecule has 3 aromatic carbocycles. The topological polar surface area (TPSA) is 88.2 Å². The lowest BCUT2D eigenvalue weighted by Crippen LogP contribution is -2.36. The van der Waals surface area contributed by atoms with Crippen molar-refractivity contribution in [2.24, 2.45) is 7.05 Å². The Bertz CT molecular complexity index is 1370. The average Bonchev–Trinajstić information content (AvgIpc) is 3.17. The number of benzene rings is 3. The standard InChI is InChI=1S/C27H24N4O3/c1-3-34-26(32)18-31(22-7-5-4-6-8-22)27(33)21-13-14-24-23(16-21)29-25(30(24)2)15-19-9-11-20(17-28)12-10-19/h4-14,16H,3,15,18H2,1-2H3. The molecule has 0 unspecified atom stereocenters. The Hall–Kier alpha value is -4.44. The summed E-state index contributed by atoms with van der Waals surface area (Å²) < 4.78 is 7.07. The molecule has 0 aliphatic rings. The molecule has 0 aliphatic heterocycles. The van der Waals surface area contributed by atoms with Crippen LogP contribution in [-0.4, -0.2) is 34.6 Å². The van der Waals surface area contributed by atoms with Crippen LogP contribution < -0.4 is 4.90 Å². The van der Waals surface area contributed by atoms with Crippen molar-refractivity contribution in [1.82, 2.24) is 9.55 Å². The van der Waals surface area contributed by atoms with Gasteiger partial charge in [0, 0.05) is 24.7 Å². The minimum atomic E-state index is -0.469. The Morgan fingerprint density at radius 1 is 1.06 bits per heavy atom. The number of rotatable bonds is 7. The maximum Gasteiger partial charge on any atom is 0.326 e. The van der Waals surface area contributed by atoms with Crippen LogP contribution in [0.2, 0.25) is 0 Å². The zero-order valence-electron chi connectivity index (χ0n) is 19.1. The Balaban J connectivity index is 1.64. The van der Waals surface area contributed by atoms with Crippen LogP contribution in [0.1, 0.15) is 34.2 Å². The second kappa shape index (κ2) is 10.0. The van der Waals surface area contributed by atoms with E-state index in [0.29, 0.717) is 28.8 Å². The van der Waals surface area contributed by atoms with Gasteiger partial charge in [0.25, 0.3) is 5.91 Å². The van der Waals surface area contributed by atoms with Crippen LogP contribution in [0.25, 0.3) is 11.0 Å². The van der Waals surface area contributed by atoms with Crippen molar-refractivity contribution in [2.45, 2.75) is 13.3 Å². The number of para-hydroxylation sites is 1. The number of ether oxygens (including phenoxy) is 1. The molecular formula is C27H24N4O3. The van der Waals surface area contributed by atoms with Crippen molar-refractivity contribution in [3.8, 4) is 6.07 Å². The predicted molar refractivity (Wildman–Crippen MR) is 129 cm³/mol. The van der Waals surface area contributed by atoms with Gasteiger partial charge in [-0.05, 0) is 55.0 Å². The van der Waals surface area contributed by atoms with Gasteiger partial charge in [0.15, 0.2) is 0 Å². The zero-order valence-corrected chi connectivity index (χ0v) is 19.1. The highest BCUT2D eigenvalue weighted by Crippen LogP contribution is 2.22. The molecule has 170 valence electrons. The van der Waals surface area contributed by atoms with Crippen LogP contribution >= 0.6 is 0 Å². The molecule has 4 rings (SSSR count). The molecule has 4 aromatic rings. The van der Waals surface area contributed by atoms with Crippen LogP contribution in [-0.2, 0) is 23.0 Å². The molecule has 1 amide bonds. The van der Waals surface area contributed by atoms with E-state index in [0.717, 1.165) is 16.9 Å². The van der Waals surface area contributed by atoms with Crippen LogP contribution in [0, 0.1) is 11.3 Å². The van der Waals surface area contributed by atoms with Gasteiger partial charge in [-0.15, -0.1) is 0 Å². The number of amides is 1. The number of aromatic nitrogens is 2. The van der Waals surface area contributed by atoms with Crippen molar-refractivity contribution in [1.29, 1.82) is 5.26 Å². The molecule has 1 aromatic heterocycles. The number of hydrogen-bond acceptors (Lipinski definition) is 5. The van der Waals surface area contributed by atoms with Gasteiger partial charge >= 0.3 is 5.97 Å². The van der Waals surface area contributed by atoms with Gasteiger partial charge in [-0.25, -0.2) is 4.98 Å². The summed E-state index contributed by atoms with van der Waals surface area (Å²) in [6, 6.07) is 24.0. The summed E-state index contributed by atoms with van der Waals surface area (Å²) in [5.41, 5.74) is 4.30. The van der Waals surface area contributed by atoms with Crippen LogP contribution in [0.3, 0.4) is 0 Å². The van der Waals surface area contributed by atoms with Gasteiger partial charge in [0.05, 0.1) is 29.3 Å². The molecule has 34 heavy (non-hydrogen) atoms. The number of esters is 1. The molecule has 0 aliphatic carbocycles. The van der Waals surface area contributed by atoms with E-state index in [1.807, 2.05) is 48.0 Å².